The highest BCUT2D eigenvalue weighted by Gasteiger charge is 2.20. The lowest BCUT2D eigenvalue weighted by atomic mass is 10.3. The summed E-state index contributed by atoms with van der Waals surface area (Å²) in [7, 11) is 0. The van der Waals surface area contributed by atoms with Crippen molar-refractivity contribution in [2.24, 2.45) is 5.92 Å². The number of nitrogens with two attached hydrogens (primary N) is 1. The fourth-order valence-electron chi connectivity index (χ4n) is 1.54. The third-order valence-electron chi connectivity index (χ3n) is 2.82. The van der Waals surface area contributed by atoms with E-state index in [0.29, 0.717) is 24.5 Å². The van der Waals surface area contributed by atoms with Crippen molar-refractivity contribution >= 4 is 11.6 Å². The number of rotatable bonds is 7. The molecule has 5 nitrogen and oxygen atoms in total. The Hall–Kier alpha value is -1.62. The summed E-state index contributed by atoms with van der Waals surface area (Å²) < 4.78 is 5.48. The van der Waals surface area contributed by atoms with Gasteiger partial charge in [-0.25, -0.2) is 4.98 Å². The number of amides is 1. The summed E-state index contributed by atoms with van der Waals surface area (Å²) in [6.07, 6.45) is 4.92. The van der Waals surface area contributed by atoms with E-state index in [0.717, 1.165) is 18.9 Å². The fourth-order valence-corrected chi connectivity index (χ4v) is 1.54. The highest BCUT2D eigenvalue weighted by molar-refractivity contribution is 5.92. The van der Waals surface area contributed by atoms with Crippen LogP contribution in [-0.2, 0) is 4.74 Å². The Morgan fingerprint density at radius 3 is 3.00 bits per heavy atom. The maximum absolute atomic E-state index is 11.7. The van der Waals surface area contributed by atoms with E-state index in [-0.39, 0.29) is 5.91 Å². The molecule has 1 aliphatic rings. The van der Waals surface area contributed by atoms with Gasteiger partial charge in [0.05, 0.1) is 11.9 Å². The van der Waals surface area contributed by atoms with E-state index in [1.54, 1.807) is 12.1 Å². The molecule has 2 rings (SSSR count). The molecule has 1 aromatic heterocycles. The minimum atomic E-state index is -0.169. The van der Waals surface area contributed by atoms with Crippen LogP contribution in [0.3, 0.4) is 0 Å². The molecular formula is C13H19N3O2. The molecule has 3 N–H and O–H groups in total. The van der Waals surface area contributed by atoms with Crippen molar-refractivity contribution in [2.45, 2.75) is 19.3 Å². The van der Waals surface area contributed by atoms with Crippen LogP contribution in [0.25, 0.3) is 0 Å². The first-order valence-corrected chi connectivity index (χ1v) is 6.33. The second-order valence-electron chi connectivity index (χ2n) is 4.60. The quantitative estimate of drug-likeness (QED) is 0.712. The van der Waals surface area contributed by atoms with E-state index in [2.05, 4.69) is 10.3 Å². The Morgan fingerprint density at radius 2 is 2.33 bits per heavy atom. The zero-order valence-corrected chi connectivity index (χ0v) is 10.4. The smallest absolute Gasteiger partial charge is 0.269 e. The zero-order valence-electron chi connectivity index (χ0n) is 10.4. The summed E-state index contributed by atoms with van der Waals surface area (Å²) in [6, 6.07) is 3.29. The molecule has 1 fully saturated rings. The summed E-state index contributed by atoms with van der Waals surface area (Å²) in [5.74, 6) is 0.621. The first-order valence-electron chi connectivity index (χ1n) is 6.33. The molecule has 0 atom stereocenters. The van der Waals surface area contributed by atoms with Crippen LogP contribution < -0.4 is 11.1 Å². The van der Waals surface area contributed by atoms with Crippen molar-refractivity contribution < 1.29 is 9.53 Å². The molecule has 0 aliphatic heterocycles. The topological polar surface area (TPSA) is 77.2 Å². The molecule has 0 saturated heterocycles. The molecule has 0 spiro atoms. The normalized spacial score (nSPS) is 14.4. The molecule has 1 heterocycles. The van der Waals surface area contributed by atoms with E-state index in [4.69, 9.17) is 10.5 Å². The second-order valence-corrected chi connectivity index (χ2v) is 4.60. The minimum Gasteiger partial charge on any atom is -0.397 e. The van der Waals surface area contributed by atoms with Gasteiger partial charge < -0.3 is 15.8 Å². The Bertz CT molecular complexity index is 388. The highest BCUT2D eigenvalue weighted by atomic mass is 16.5. The van der Waals surface area contributed by atoms with Gasteiger partial charge in [-0.2, -0.15) is 0 Å². The Labute approximate surface area is 107 Å². The molecule has 1 amide bonds. The van der Waals surface area contributed by atoms with Crippen LogP contribution in [0.2, 0.25) is 0 Å². The lowest BCUT2D eigenvalue weighted by molar-refractivity contribution is 0.0932. The monoisotopic (exact) mass is 249 g/mol. The molecule has 5 heteroatoms. The van der Waals surface area contributed by atoms with E-state index < -0.39 is 0 Å². The van der Waals surface area contributed by atoms with Gasteiger partial charge in [0, 0.05) is 19.8 Å². The van der Waals surface area contributed by atoms with Gasteiger partial charge in [-0.05, 0) is 37.3 Å². The van der Waals surface area contributed by atoms with Crippen LogP contribution >= 0.6 is 0 Å². The van der Waals surface area contributed by atoms with E-state index in [1.807, 2.05) is 0 Å². The highest BCUT2D eigenvalue weighted by Crippen LogP contribution is 2.28. The average Bonchev–Trinajstić information content (AvgIpc) is 3.18. The summed E-state index contributed by atoms with van der Waals surface area (Å²) in [4.78, 5) is 15.6. The van der Waals surface area contributed by atoms with Crippen LogP contribution in [0, 0.1) is 5.92 Å². The van der Waals surface area contributed by atoms with Crippen molar-refractivity contribution in [2.75, 3.05) is 25.5 Å². The third-order valence-corrected chi connectivity index (χ3v) is 2.82. The van der Waals surface area contributed by atoms with Crippen molar-refractivity contribution in [3.8, 4) is 0 Å². The van der Waals surface area contributed by atoms with Crippen molar-refractivity contribution in [3.05, 3.63) is 24.0 Å². The zero-order chi connectivity index (χ0) is 12.8. The van der Waals surface area contributed by atoms with Crippen LogP contribution in [0.1, 0.15) is 29.8 Å². The summed E-state index contributed by atoms with van der Waals surface area (Å²) in [5, 5.41) is 2.80. The molecule has 0 radical (unpaired) electrons. The number of pyridine rings is 1. The van der Waals surface area contributed by atoms with Gasteiger partial charge in [0.25, 0.3) is 5.91 Å². The standard InChI is InChI=1S/C13H19N3O2/c14-11-4-5-12(16-8-11)13(17)15-6-1-7-18-9-10-2-3-10/h4-5,8,10H,1-3,6-7,9,14H2,(H,15,17). The largest absolute Gasteiger partial charge is 0.397 e. The van der Waals surface area contributed by atoms with Gasteiger partial charge >= 0.3 is 0 Å². The van der Waals surface area contributed by atoms with Crippen molar-refractivity contribution in [3.63, 3.8) is 0 Å². The van der Waals surface area contributed by atoms with Crippen LogP contribution in [0.5, 0.6) is 0 Å². The van der Waals surface area contributed by atoms with E-state index in [1.165, 1.54) is 19.0 Å². The average molecular weight is 249 g/mol. The number of carbonyl (C=O) groups is 1. The molecule has 1 aromatic rings. The van der Waals surface area contributed by atoms with E-state index in [9.17, 15) is 4.79 Å². The van der Waals surface area contributed by atoms with Crippen molar-refractivity contribution in [1.29, 1.82) is 0 Å². The molecular weight excluding hydrogens is 230 g/mol. The predicted molar refractivity (Wildman–Crippen MR) is 69.1 cm³/mol. The number of nitrogens with one attached hydrogen (secondary N) is 1. The van der Waals surface area contributed by atoms with Crippen LogP contribution in [0.4, 0.5) is 5.69 Å². The van der Waals surface area contributed by atoms with Crippen LogP contribution in [0.15, 0.2) is 18.3 Å². The Morgan fingerprint density at radius 1 is 1.50 bits per heavy atom. The van der Waals surface area contributed by atoms with Crippen LogP contribution in [-0.4, -0.2) is 30.6 Å². The first-order chi connectivity index (χ1) is 8.75. The number of hydrogen-bond acceptors (Lipinski definition) is 4. The summed E-state index contributed by atoms with van der Waals surface area (Å²) >= 11 is 0. The first kappa shape index (κ1) is 12.8. The number of carbonyl (C=O) groups excluding carboxylic acids is 1. The predicted octanol–water partition coefficient (Wildman–Crippen LogP) is 1.21. The maximum Gasteiger partial charge on any atom is 0.269 e. The molecule has 1 aliphatic carbocycles. The van der Waals surface area contributed by atoms with Gasteiger partial charge in [-0.1, -0.05) is 0 Å². The van der Waals surface area contributed by atoms with Gasteiger partial charge in [-0.15, -0.1) is 0 Å². The lowest BCUT2D eigenvalue weighted by Gasteiger charge is -2.05. The van der Waals surface area contributed by atoms with Gasteiger partial charge in [0.15, 0.2) is 0 Å². The molecule has 0 aromatic carbocycles. The molecule has 1 saturated carbocycles. The number of hydrogen-bond donors (Lipinski definition) is 2. The Kier molecular flexibility index (Phi) is 4.52. The second kappa shape index (κ2) is 6.35. The minimum absolute atomic E-state index is 0.169. The lowest BCUT2D eigenvalue weighted by Crippen LogP contribution is -2.26. The number of anilines is 1. The fraction of sp³-hybridized carbons (Fsp3) is 0.538. The number of aromatic nitrogens is 1. The summed E-state index contributed by atoms with van der Waals surface area (Å²) in [6.45, 7) is 2.18. The SMILES string of the molecule is Nc1ccc(C(=O)NCCCOCC2CC2)nc1. The number of nitrogen functional groups attached to an aromatic ring is 1. The molecule has 0 bridgehead atoms. The van der Waals surface area contributed by atoms with E-state index >= 15 is 0 Å². The third kappa shape index (κ3) is 4.33. The number of nitrogens with zero attached hydrogens (tertiary/aromatic N) is 1. The Balaban J connectivity index is 1.57. The molecule has 18 heavy (non-hydrogen) atoms. The van der Waals surface area contributed by atoms with Gasteiger partial charge in [0.2, 0.25) is 0 Å². The van der Waals surface area contributed by atoms with Crippen molar-refractivity contribution in [1.82, 2.24) is 10.3 Å². The summed E-state index contributed by atoms with van der Waals surface area (Å²) in [5.41, 5.74) is 6.45. The van der Waals surface area contributed by atoms with Gasteiger partial charge in [0.1, 0.15) is 5.69 Å². The molecule has 0 unspecified atom stereocenters. The van der Waals surface area contributed by atoms with Gasteiger partial charge in [-0.3, -0.25) is 4.79 Å². The maximum atomic E-state index is 11.7. The molecule has 98 valence electrons. The number of ether oxygens (including phenoxy) is 1.